The fourth-order valence-electron chi connectivity index (χ4n) is 4.87. The highest BCUT2D eigenvalue weighted by Gasteiger charge is 2.44. The fraction of sp³-hybridized carbons (Fsp3) is 0.476. The zero-order valence-corrected chi connectivity index (χ0v) is 15.8. The van der Waals surface area contributed by atoms with Crippen LogP contribution in [0.3, 0.4) is 0 Å². The molecule has 1 saturated heterocycles. The lowest BCUT2D eigenvalue weighted by Gasteiger charge is -2.48. The molecule has 1 atom stereocenters. The Balaban J connectivity index is 1.64. The molecule has 1 aliphatic carbocycles. The maximum atomic E-state index is 12.9. The van der Waals surface area contributed by atoms with E-state index in [-0.39, 0.29) is 11.9 Å². The van der Waals surface area contributed by atoms with Crippen LogP contribution in [-0.2, 0) is 17.8 Å². The third-order valence-corrected chi connectivity index (χ3v) is 6.13. The molecule has 3 aliphatic rings. The van der Waals surface area contributed by atoms with Crippen LogP contribution in [0.5, 0.6) is 0 Å². The van der Waals surface area contributed by atoms with Crippen LogP contribution in [0, 0.1) is 6.92 Å². The Kier molecular flexibility index (Phi) is 3.44. The predicted molar refractivity (Wildman–Crippen MR) is 103 cm³/mol. The van der Waals surface area contributed by atoms with Gasteiger partial charge in [0.1, 0.15) is 6.04 Å². The van der Waals surface area contributed by atoms with Crippen molar-refractivity contribution in [3.05, 3.63) is 46.8 Å². The summed E-state index contributed by atoms with van der Waals surface area (Å²) in [6.45, 7) is 6.27. The lowest BCUT2D eigenvalue weighted by Crippen LogP contribution is -2.55. The van der Waals surface area contributed by atoms with Crippen molar-refractivity contribution in [1.29, 1.82) is 0 Å². The van der Waals surface area contributed by atoms with Crippen LogP contribution in [0.1, 0.15) is 22.9 Å². The maximum absolute atomic E-state index is 12.9. The Morgan fingerprint density at radius 2 is 2.08 bits per heavy atom. The summed E-state index contributed by atoms with van der Waals surface area (Å²) in [4.78, 5) is 19.5. The lowest BCUT2D eigenvalue weighted by molar-refractivity contribution is -0.138. The number of likely N-dealkylation sites (N-methyl/N-ethyl adjacent to an activating group) is 1. The minimum Gasteiger partial charge on any atom is -0.362 e. The molecule has 0 saturated carbocycles. The minimum atomic E-state index is 0.101. The first-order valence-electron chi connectivity index (χ1n) is 9.55. The van der Waals surface area contributed by atoms with Gasteiger partial charge >= 0.3 is 0 Å². The van der Waals surface area contributed by atoms with Gasteiger partial charge in [-0.05, 0) is 45.1 Å². The van der Waals surface area contributed by atoms with Crippen molar-refractivity contribution in [3.8, 4) is 0 Å². The quantitative estimate of drug-likeness (QED) is 0.850. The van der Waals surface area contributed by atoms with Crippen molar-refractivity contribution in [2.24, 2.45) is 0 Å². The molecule has 3 heterocycles. The number of carbonyl (C=O) groups is 1. The average Bonchev–Trinajstić information content (AvgIpc) is 2.94. The Morgan fingerprint density at radius 3 is 2.88 bits per heavy atom. The first-order valence-corrected chi connectivity index (χ1v) is 9.55. The van der Waals surface area contributed by atoms with E-state index in [1.165, 1.54) is 33.4 Å². The van der Waals surface area contributed by atoms with Crippen LogP contribution < -0.4 is 0 Å². The first kappa shape index (κ1) is 15.9. The van der Waals surface area contributed by atoms with Gasteiger partial charge in [0.15, 0.2) is 0 Å². The SMILES string of the molecule is Cc1ccc2c(c1)c1c3n2CCN2C(=O)CN(CCN(C)C)C(=CC1)C32. The molecule has 1 amide bonds. The molecule has 2 aliphatic heterocycles. The van der Waals surface area contributed by atoms with Crippen molar-refractivity contribution in [2.75, 3.05) is 40.3 Å². The molecule has 5 heteroatoms. The van der Waals surface area contributed by atoms with Gasteiger partial charge in [-0.25, -0.2) is 0 Å². The molecule has 0 spiro atoms. The van der Waals surface area contributed by atoms with Crippen LogP contribution in [0.4, 0.5) is 0 Å². The largest absolute Gasteiger partial charge is 0.362 e. The number of aromatic nitrogens is 1. The van der Waals surface area contributed by atoms with Gasteiger partial charge in [-0.1, -0.05) is 17.7 Å². The Bertz CT molecular complexity index is 939. The predicted octanol–water partition coefficient (Wildman–Crippen LogP) is 2.15. The molecule has 0 radical (unpaired) electrons. The number of fused-ring (bicyclic) bond motifs is 3. The highest BCUT2D eigenvalue weighted by molar-refractivity contribution is 5.89. The van der Waals surface area contributed by atoms with Gasteiger partial charge < -0.3 is 19.3 Å². The Labute approximate surface area is 154 Å². The van der Waals surface area contributed by atoms with Gasteiger partial charge in [0.05, 0.1) is 12.2 Å². The van der Waals surface area contributed by atoms with Gasteiger partial charge in [0, 0.05) is 42.8 Å². The Hall–Kier alpha value is -2.27. The summed E-state index contributed by atoms with van der Waals surface area (Å²) in [5.74, 6) is 0.270. The zero-order valence-electron chi connectivity index (χ0n) is 15.8. The number of hydrogen-bond acceptors (Lipinski definition) is 3. The number of hydrogen-bond donors (Lipinski definition) is 0. The second kappa shape index (κ2) is 5.61. The lowest BCUT2D eigenvalue weighted by atomic mass is 9.90. The summed E-state index contributed by atoms with van der Waals surface area (Å²) in [6.07, 6.45) is 3.34. The summed E-state index contributed by atoms with van der Waals surface area (Å²) in [6, 6.07) is 6.87. The van der Waals surface area contributed by atoms with E-state index in [2.05, 4.69) is 64.6 Å². The summed E-state index contributed by atoms with van der Waals surface area (Å²) in [5, 5.41) is 1.37. The molecule has 1 aromatic heterocycles. The number of nitrogens with zero attached hydrogens (tertiary/aromatic N) is 4. The molecule has 5 nitrogen and oxygen atoms in total. The van der Waals surface area contributed by atoms with Crippen molar-refractivity contribution >= 4 is 16.8 Å². The molecule has 1 unspecified atom stereocenters. The number of carbonyl (C=O) groups excluding carboxylic acids is 1. The van der Waals surface area contributed by atoms with Gasteiger partial charge in [-0.3, -0.25) is 4.79 Å². The number of aryl methyl sites for hydroxylation is 1. The molecule has 26 heavy (non-hydrogen) atoms. The van der Waals surface area contributed by atoms with Gasteiger partial charge in [-0.2, -0.15) is 0 Å². The summed E-state index contributed by atoms with van der Waals surface area (Å²) in [7, 11) is 4.18. The van der Waals surface area contributed by atoms with Crippen molar-refractivity contribution in [1.82, 2.24) is 19.3 Å². The number of rotatable bonds is 3. The van der Waals surface area contributed by atoms with E-state index in [4.69, 9.17) is 0 Å². The fourth-order valence-corrected chi connectivity index (χ4v) is 4.87. The highest BCUT2D eigenvalue weighted by atomic mass is 16.2. The molecular weight excluding hydrogens is 324 g/mol. The molecule has 1 fully saturated rings. The van der Waals surface area contributed by atoms with Crippen molar-refractivity contribution in [2.45, 2.75) is 25.9 Å². The van der Waals surface area contributed by atoms with Crippen LogP contribution in [0.25, 0.3) is 10.9 Å². The normalized spacial score (nSPS) is 21.5. The van der Waals surface area contributed by atoms with Crippen molar-refractivity contribution < 1.29 is 4.79 Å². The second-order valence-corrected chi connectivity index (χ2v) is 8.08. The molecule has 0 bridgehead atoms. The van der Waals surface area contributed by atoms with Gasteiger partial charge in [0.2, 0.25) is 5.91 Å². The first-order chi connectivity index (χ1) is 12.5. The average molecular weight is 350 g/mol. The molecule has 2 aromatic rings. The van der Waals surface area contributed by atoms with E-state index in [9.17, 15) is 4.79 Å². The standard InChI is InChI=1S/C21H26N4O/c1-14-4-6-17-16(12-14)15-5-7-18-21-20(15)24(17)10-11-25(21)19(26)13-23(18)9-8-22(2)3/h4,6-7,12,21H,5,8-11,13H2,1-3H3. The third kappa shape index (κ3) is 2.16. The summed E-state index contributed by atoms with van der Waals surface area (Å²) in [5.41, 5.74) is 6.74. The van der Waals surface area contributed by atoms with E-state index in [1.54, 1.807) is 0 Å². The smallest absolute Gasteiger partial charge is 0.243 e. The molecule has 1 aromatic carbocycles. The minimum absolute atomic E-state index is 0.101. The molecular formula is C21H26N4O. The number of amides is 1. The second-order valence-electron chi connectivity index (χ2n) is 8.08. The van der Waals surface area contributed by atoms with Gasteiger partial charge in [-0.15, -0.1) is 0 Å². The summed E-state index contributed by atoms with van der Waals surface area (Å²) < 4.78 is 2.47. The molecule has 136 valence electrons. The molecule has 5 rings (SSSR count). The maximum Gasteiger partial charge on any atom is 0.243 e. The van der Waals surface area contributed by atoms with E-state index in [0.717, 1.165) is 32.6 Å². The third-order valence-electron chi connectivity index (χ3n) is 6.13. The number of benzene rings is 1. The Morgan fingerprint density at radius 1 is 1.23 bits per heavy atom. The van der Waals surface area contributed by atoms with E-state index in [1.807, 2.05) is 0 Å². The van der Waals surface area contributed by atoms with Crippen LogP contribution in [-0.4, -0.2) is 65.4 Å². The zero-order chi connectivity index (χ0) is 18.0. The number of allylic oxidation sites excluding steroid dienone is 1. The molecule has 0 N–H and O–H groups in total. The highest BCUT2D eigenvalue weighted by Crippen LogP contribution is 2.45. The number of piperazine rings is 1. The van der Waals surface area contributed by atoms with E-state index in [0.29, 0.717) is 6.54 Å². The monoisotopic (exact) mass is 350 g/mol. The van der Waals surface area contributed by atoms with Crippen LogP contribution >= 0.6 is 0 Å². The van der Waals surface area contributed by atoms with Crippen LogP contribution in [0.15, 0.2) is 30.0 Å². The van der Waals surface area contributed by atoms with E-state index >= 15 is 0 Å². The van der Waals surface area contributed by atoms with Crippen molar-refractivity contribution in [3.63, 3.8) is 0 Å². The topological polar surface area (TPSA) is 31.7 Å². The van der Waals surface area contributed by atoms with Crippen LogP contribution in [0.2, 0.25) is 0 Å². The van der Waals surface area contributed by atoms with Gasteiger partial charge in [0.25, 0.3) is 0 Å². The summed E-state index contributed by atoms with van der Waals surface area (Å²) >= 11 is 0. The van der Waals surface area contributed by atoms with E-state index < -0.39 is 0 Å².